The molecule has 0 unspecified atom stereocenters. The molecule has 2 nitrogen and oxygen atoms in total. The molecular formula is C19H23NOSe. The molecule has 0 aliphatic rings. The molecule has 0 saturated carbocycles. The number of rotatable bonds is 5. The van der Waals surface area contributed by atoms with E-state index in [-0.39, 0.29) is 0 Å². The van der Waals surface area contributed by atoms with Gasteiger partial charge in [0.15, 0.2) is 0 Å². The van der Waals surface area contributed by atoms with Crippen LogP contribution in [0.5, 0.6) is 0 Å². The van der Waals surface area contributed by atoms with Crippen LogP contribution in [0.25, 0.3) is 0 Å². The first kappa shape index (κ1) is 17.0. The van der Waals surface area contributed by atoms with Gasteiger partial charge in [0.1, 0.15) is 0 Å². The first-order valence-corrected chi connectivity index (χ1v) is 9.24. The summed E-state index contributed by atoms with van der Waals surface area (Å²) in [6.07, 6.45) is 1.89. The number of nitrogens with zero attached hydrogens (tertiary/aromatic N) is 1. The van der Waals surface area contributed by atoms with Crippen molar-refractivity contribution in [1.29, 1.82) is 0 Å². The quantitative estimate of drug-likeness (QED) is 0.636. The van der Waals surface area contributed by atoms with Gasteiger partial charge in [0.05, 0.1) is 0 Å². The summed E-state index contributed by atoms with van der Waals surface area (Å²) >= 11 is -0.513. The van der Waals surface area contributed by atoms with Crippen LogP contribution in [0.2, 0.25) is 0 Å². The van der Waals surface area contributed by atoms with Crippen LogP contribution in [0.1, 0.15) is 56.2 Å². The van der Waals surface area contributed by atoms with E-state index in [4.69, 9.17) is 4.99 Å². The average molecular weight is 360 g/mol. The molecule has 0 aromatic heterocycles. The standard InChI is InChI=1S/C19H23NOSe/c1-13(2)16-9-7-10-17(14(3)4)19(16)20-12-15-8-5-6-11-18(15)22-21/h5-14,21H,1-4H3. The fourth-order valence-electron chi connectivity index (χ4n) is 2.47. The molecule has 3 heteroatoms. The van der Waals surface area contributed by atoms with Gasteiger partial charge in [0, 0.05) is 0 Å². The summed E-state index contributed by atoms with van der Waals surface area (Å²) < 4.78 is 10.5. The second-order valence-corrected chi connectivity index (χ2v) is 7.29. The second kappa shape index (κ2) is 7.73. The summed E-state index contributed by atoms with van der Waals surface area (Å²) in [5, 5.41) is 0. The van der Waals surface area contributed by atoms with E-state index in [2.05, 4.69) is 45.9 Å². The molecule has 0 bridgehead atoms. The molecule has 0 fully saturated rings. The molecule has 116 valence electrons. The molecule has 0 saturated heterocycles. The van der Waals surface area contributed by atoms with Crippen molar-refractivity contribution in [2.24, 2.45) is 4.99 Å². The van der Waals surface area contributed by atoms with Gasteiger partial charge in [0.25, 0.3) is 0 Å². The Hall–Kier alpha value is -1.41. The zero-order valence-corrected chi connectivity index (χ0v) is 15.3. The van der Waals surface area contributed by atoms with Crippen molar-refractivity contribution in [3.05, 3.63) is 59.2 Å². The maximum atomic E-state index is 9.50. The molecule has 1 N–H and O–H groups in total. The molecular weight excluding hydrogens is 337 g/mol. The summed E-state index contributed by atoms with van der Waals surface area (Å²) in [4.78, 5) is 4.80. The van der Waals surface area contributed by atoms with Gasteiger partial charge in [0.2, 0.25) is 0 Å². The van der Waals surface area contributed by atoms with E-state index in [1.54, 1.807) is 0 Å². The predicted molar refractivity (Wildman–Crippen MR) is 95.9 cm³/mol. The Morgan fingerprint density at radius 3 is 2.05 bits per heavy atom. The van der Waals surface area contributed by atoms with E-state index in [1.165, 1.54) is 11.1 Å². The summed E-state index contributed by atoms with van der Waals surface area (Å²) in [5.74, 6) is 0.867. The van der Waals surface area contributed by atoms with Gasteiger partial charge in [-0.15, -0.1) is 0 Å². The molecule has 2 aromatic carbocycles. The topological polar surface area (TPSA) is 32.6 Å². The third kappa shape index (κ3) is 3.86. The van der Waals surface area contributed by atoms with Crippen molar-refractivity contribution in [1.82, 2.24) is 0 Å². The number of para-hydroxylation sites is 1. The van der Waals surface area contributed by atoms with Crippen LogP contribution in [0.15, 0.2) is 47.5 Å². The molecule has 0 atom stereocenters. The van der Waals surface area contributed by atoms with Gasteiger partial charge in [-0.25, -0.2) is 0 Å². The van der Waals surface area contributed by atoms with Crippen LogP contribution >= 0.6 is 0 Å². The number of benzene rings is 2. The van der Waals surface area contributed by atoms with E-state index in [1.807, 2.05) is 30.5 Å². The SMILES string of the molecule is CC(C)c1cccc(C(C)C)c1N=Cc1ccccc1[Se]O. The zero-order valence-electron chi connectivity index (χ0n) is 13.6. The van der Waals surface area contributed by atoms with E-state index in [9.17, 15) is 4.19 Å². The third-order valence-corrected chi connectivity index (χ3v) is 4.89. The van der Waals surface area contributed by atoms with Crippen molar-refractivity contribution in [3.63, 3.8) is 0 Å². The predicted octanol–water partition coefficient (Wildman–Crippen LogP) is 3.92. The van der Waals surface area contributed by atoms with Crippen molar-refractivity contribution < 1.29 is 4.19 Å². The van der Waals surface area contributed by atoms with Gasteiger partial charge in [-0.3, -0.25) is 0 Å². The Morgan fingerprint density at radius 2 is 1.50 bits per heavy atom. The van der Waals surface area contributed by atoms with E-state index in [0.717, 1.165) is 15.7 Å². The monoisotopic (exact) mass is 361 g/mol. The molecule has 2 aromatic rings. The minimum absolute atomic E-state index is 0.433. The normalized spacial score (nSPS) is 11.8. The van der Waals surface area contributed by atoms with Crippen LogP contribution in [0.4, 0.5) is 5.69 Å². The van der Waals surface area contributed by atoms with E-state index in [0.29, 0.717) is 11.8 Å². The summed E-state index contributed by atoms with van der Waals surface area (Å²) in [6, 6.07) is 14.3. The maximum absolute atomic E-state index is 9.50. The van der Waals surface area contributed by atoms with Crippen LogP contribution in [0, 0.1) is 0 Å². The van der Waals surface area contributed by atoms with E-state index < -0.39 is 15.3 Å². The Kier molecular flexibility index (Phi) is 5.96. The Morgan fingerprint density at radius 1 is 0.909 bits per heavy atom. The Bertz CT molecular complexity index is 636. The van der Waals surface area contributed by atoms with Crippen LogP contribution in [-0.2, 0) is 0 Å². The Labute approximate surface area is 139 Å². The van der Waals surface area contributed by atoms with Gasteiger partial charge in [-0.05, 0) is 0 Å². The summed E-state index contributed by atoms with van der Waals surface area (Å²) in [6.45, 7) is 8.79. The molecule has 0 aliphatic heterocycles. The van der Waals surface area contributed by atoms with Crippen molar-refractivity contribution in [3.8, 4) is 0 Å². The van der Waals surface area contributed by atoms with Crippen molar-refractivity contribution in [2.75, 3.05) is 0 Å². The molecule has 22 heavy (non-hydrogen) atoms. The van der Waals surface area contributed by atoms with Crippen molar-refractivity contribution in [2.45, 2.75) is 39.5 Å². The first-order valence-electron chi connectivity index (χ1n) is 7.62. The number of aliphatic imine (C=N–C) groups is 1. The molecule has 2 rings (SSSR count). The summed E-state index contributed by atoms with van der Waals surface area (Å²) in [5.41, 5.74) is 4.62. The van der Waals surface area contributed by atoms with Gasteiger partial charge >= 0.3 is 140 Å². The number of hydrogen-bond donors (Lipinski definition) is 1. The molecule has 0 radical (unpaired) electrons. The summed E-state index contributed by atoms with van der Waals surface area (Å²) in [7, 11) is 0. The van der Waals surface area contributed by atoms with Gasteiger partial charge < -0.3 is 0 Å². The molecule has 0 amide bonds. The van der Waals surface area contributed by atoms with Gasteiger partial charge in [-0.2, -0.15) is 0 Å². The van der Waals surface area contributed by atoms with Crippen molar-refractivity contribution >= 4 is 31.7 Å². The minimum atomic E-state index is -0.513. The fourth-order valence-corrected chi connectivity index (χ4v) is 3.23. The van der Waals surface area contributed by atoms with Crippen LogP contribution in [0.3, 0.4) is 0 Å². The zero-order chi connectivity index (χ0) is 16.1. The van der Waals surface area contributed by atoms with Crippen LogP contribution < -0.4 is 4.46 Å². The fraction of sp³-hybridized carbons (Fsp3) is 0.316. The second-order valence-electron chi connectivity index (χ2n) is 5.98. The van der Waals surface area contributed by atoms with E-state index >= 15 is 0 Å². The average Bonchev–Trinajstić information content (AvgIpc) is 2.52. The third-order valence-electron chi connectivity index (χ3n) is 3.69. The van der Waals surface area contributed by atoms with Crippen LogP contribution in [-0.4, -0.2) is 25.7 Å². The first-order chi connectivity index (χ1) is 10.5. The van der Waals surface area contributed by atoms with Gasteiger partial charge in [-0.1, -0.05) is 0 Å². The molecule has 0 spiro atoms. The number of hydrogen-bond acceptors (Lipinski definition) is 2. The molecule has 0 aliphatic carbocycles. The molecule has 0 heterocycles. The Balaban J connectivity index is 2.49.